The quantitative estimate of drug-likeness (QED) is 0.445. The van der Waals surface area contributed by atoms with E-state index in [4.69, 9.17) is 11.3 Å². The molecule has 1 aromatic heterocycles. The molecule has 0 spiro atoms. The lowest BCUT2D eigenvalue weighted by Gasteiger charge is -2.19. The number of aromatic nitrogens is 1. The molecule has 0 saturated carbocycles. The van der Waals surface area contributed by atoms with Crippen LogP contribution in [0, 0.1) is 17.9 Å². The van der Waals surface area contributed by atoms with Gasteiger partial charge in [0.25, 0.3) is 0 Å². The smallest absolute Gasteiger partial charge is 0.407 e. The van der Waals surface area contributed by atoms with E-state index >= 15 is 0 Å². The van der Waals surface area contributed by atoms with Crippen LogP contribution in [0.2, 0.25) is 0 Å². The van der Waals surface area contributed by atoms with Gasteiger partial charge in [-0.05, 0) is 43.9 Å². The van der Waals surface area contributed by atoms with Gasteiger partial charge < -0.3 is 15.0 Å². The van der Waals surface area contributed by atoms with Crippen LogP contribution >= 0.6 is 11.8 Å². The number of hydrogen-bond donors (Lipinski definition) is 1. The molecule has 8 heteroatoms. The number of hydrogen-bond acceptors (Lipinski definition) is 6. The fourth-order valence-electron chi connectivity index (χ4n) is 2.97. The summed E-state index contributed by atoms with van der Waals surface area (Å²) in [6.07, 6.45) is 0.148. The molecule has 0 atom stereocenters. The maximum atomic E-state index is 11.8. The molecule has 168 valence electrons. The molecule has 7 nitrogen and oxygen atoms in total. The summed E-state index contributed by atoms with van der Waals surface area (Å²) >= 11 is 1.48. The van der Waals surface area contributed by atoms with Crippen molar-refractivity contribution in [3.05, 3.63) is 57.9 Å². The summed E-state index contributed by atoms with van der Waals surface area (Å²) in [5.41, 5.74) is 3.17. The van der Waals surface area contributed by atoms with Crippen molar-refractivity contribution in [1.82, 2.24) is 10.3 Å². The van der Waals surface area contributed by atoms with Crippen molar-refractivity contribution >= 4 is 29.4 Å². The largest absolute Gasteiger partial charge is 0.444 e. The maximum absolute atomic E-state index is 11.8. The summed E-state index contributed by atoms with van der Waals surface area (Å²) in [6, 6.07) is 10.1. The summed E-state index contributed by atoms with van der Waals surface area (Å²) in [5, 5.41) is 13.1. The Morgan fingerprint density at radius 1 is 1.28 bits per heavy atom. The van der Waals surface area contributed by atoms with Crippen LogP contribution in [0.1, 0.15) is 49.9 Å². The van der Waals surface area contributed by atoms with Crippen molar-refractivity contribution in [3.8, 4) is 6.07 Å². The first-order valence-electron chi connectivity index (χ1n) is 10.3. The van der Waals surface area contributed by atoms with Gasteiger partial charge in [-0.15, -0.1) is 11.8 Å². The number of benzene rings is 1. The lowest BCUT2D eigenvalue weighted by molar-refractivity contribution is 0.0523. The Hall–Kier alpha value is -3.23. The van der Waals surface area contributed by atoms with E-state index in [1.807, 2.05) is 71.0 Å². The number of alkyl carbamates (subject to hydrolysis) is 1. The van der Waals surface area contributed by atoms with Gasteiger partial charge >= 0.3 is 6.09 Å². The Labute approximate surface area is 194 Å². The summed E-state index contributed by atoms with van der Waals surface area (Å²) in [5.74, 6) is 1.22. The van der Waals surface area contributed by atoms with Gasteiger partial charge in [0.05, 0.1) is 12.1 Å². The van der Waals surface area contributed by atoms with Gasteiger partial charge in [-0.3, -0.25) is 0 Å². The predicted octanol–water partition coefficient (Wildman–Crippen LogP) is 5.45. The minimum atomic E-state index is -0.529. The SMILES string of the molecule is [C-]#[N+]c1c(N(C)C)nc(SCc2ccc(CNC(=O)OC(C)(C)C)cc2)c(C#N)c1CC. The van der Waals surface area contributed by atoms with E-state index in [0.29, 0.717) is 40.8 Å². The zero-order valence-electron chi connectivity index (χ0n) is 19.4. The number of thioether (sulfide) groups is 1. The number of rotatable bonds is 7. The third-order valence-corrected chi connectivity index (χ3v) is 5.50. The molecule has 1 heterocycles. The minimum absolute atomic E-state index is 0.382. The average molecular weight is 452 g/mol. The number of carbonyl (C=O) groups is 1. The van der Waals surface area contributed by atoms with E-state index in [1.165, 1.54) is 11.8 Å². The lowest BCUT2D eigenvalue weighted by Crippen LogP contribution is -2.32. The first kappa shape index (κ1) is 25.0. The van der Waals surface area contributed by atoms with Crippen molar-refractivity contribution in [1.29, 1.82) is 5.26 Å². The second-order valence-electron chi connectivity index (χ2n) is 8.37. The Morgan fingerprint density at radius 3 is 2.41 bits per heavy atom. The van der Waals surface area contributed by atoms with E-state index < -0.39 is 11.7 Å². The summed E-state index contributed by atoms with van der Waals surface area (Å²) in [7, 11) is 3.70. The fraction of sp³-hybridized carbons (Fsp3) is 0.417. The second kappa shape index (κ2) is 10.9. The highest BCUT2D eigenvalue weighted by Crippen LogP contribution is 2.38. The molecule has 32 heavy (non-hydrogen) atoms. The van der Waals surface area contributed by atoms with Gasteiger partial charge in [0.1, 0.15) is 22.5 Å². The number of anilines is 1. The van der Waals surface area contributed by atoms with Crippen LogP contribution in [0.15, 0.2) is 29.3 Å². The molecular weight excluding hydrogens is 422 g/mol. The molecule has 0 aliphatic heterocycles. The summed E-state index contributed by atoms with van der Waals surface area (Å²) < 4.78 is 5.25. The zero-order valence-corrected chi connectivity index (χ0v) is 20.3. The number of pyridine rings is 1. The Balaban J connectivity index is 2.12. The van der Waals surface area contributed by atoms with Crippen LogP contribution in [0.4, 0.5) is 16.3 Å². The van der Waals surface area contributed by atoms with Crippen LogP contribution in [-0.4, -0.2) is 30.8 Å². The van der Waals surface area contributed by atoms with Crippen LogP contribution in [-0.2, 0) is 23.5 Å². The molecular formula is C24H29N5O2S. The number of carbonyl (C=O) groups excluding carboxylic acids is 1. The standard InChI is InChI=1S/C24H29N5O2S/c1-8-18-19(13-25)22(28-21(29(6)7)20(18)26-5)32-15-17-11-9-16(10-12-17)14-27-23(30)31-24(2,3)4/h9-12H,8,14-15H2,1-4,6-7H3,(H,27,30). The van der Waals surface area contributed by atoms with Gasteiger partial charge in [0, 0.05) is 26.4 Å². The molecule has 1 aromatic carbocycles. The summed E-state index contributed by atoms with van der Waals surface area (Å²) in [4.78, 5) is 21.9. The van der Waals surface area contributed by atoms with E-state index in [9.17, 15) is 10.1 Å². The molecule has 0 radical (unpaired) electrons. The average Bonchev–Trinajstić information content (AvgIpc) is 2.74. The molecule has 0 aliphatic carbocycles. The van der Waals surface area contributed by atoms with Gasteiger partial charge in [-0.2, -0.15) is 5.26 Å². The Morgan fingerprint density at radius 2 is 1.91 bits per heavy atom. The fourth-order valence-corrected chi connectivity index (χ4v) is 3.93. The number of ether oxygens (including phenoxy) is 1. The predicted molar refractivity (Wildman–Crippen MR) is 128 cm³/mol. The molecule has 1 amide bonds. The highest BCUT2D eigenvalue weighted by atomic mass is 32.2. The van der Waals surface area contributed by atoms with Gasteiger partial charge in [0.15, 0.2) is 0 Å². The van der Waals surface area contributed by atoms with Crippen molar-refractivity contribution in [2.45, 2.75) is 57.0 Å². The van der Waals surface area contributed by atoms with Crippen molar-refractivity contribution in [3.63, 3.8) is 0 Å². The molecule has 1 N–H and O–H groups in total. The summed E-state index contributed by atoms with van der Waals surface area (Å²) in [6.45, 7) is 15.3. The highest BCUT2D eigenvalue weighted by Gasteiger charge is 2.20. The molecule has 0 fully saturated rings. The molecule has 0 aliphatic rings. The topological polar surface area (TPSA) is 82.6 Å². The number of amides is 1. The number of nitrogens with one attached hydrogen (secondary N) is 1. The van der Waals surface area contributed by atoms with Gasteiger partial charge in [-0.1, -0.05) is 31.2 Å². The normalized spacial score (nSPS) is 10.8. The molecule has 2 rings (SSSR count). The lowest BCUT2D eigenvalue weighted by atomic mass is 10.1. The van der Waals surface area contributed by atoms with E-state index in [0.717, 1.165) is 16.7 Å². The van der Waals surface area contributed by atoms with Crippen molar-refractivity contribution in [2.24, 2.45) is 0 Å². The van der Waals surface area contributed by atoms with Crippen LogP contribution in [0.5, 0.6) is 0 Å². The van der Waals surface area contributed by atoms with Crippen molar-refractivity contribution < 1.29 is 9.53 Å². The number of nitrogens with zero attached hydrogens (tertiary/aromatic N) is 4. The van der Waals surface area contributed by atoms with Gasteiger partial charge in [0.2, 0.25) is 5.69 Å². The maximum Gasteiger partial charge on any atom is 0.407 e. The Kier molecular flexibility index (Phi) is 8.51. The first-order chi connectivity index (χ1) is 15.1. The third-order valence-electron chi connectivity index (χ3n) is 4.46. The highest BCUT2D eigenvalue weighted by molar-refractivity contribution is 7.98. The van der Waals surface area contributed by atoms with Crippen molar-refractivity contribution in [2.75, 3.05) is 19.0 Å². The van der Waals surface area contributed by atoms with Crippen LogP contribution in [0.3, 0.4) is 0 Å². The third kappa shape index (κ3) is 6.63. The molecule has 0 bridgehead atoms. The zero-order chi connectivity index (χ0) is 23.9. The number of nitriles is 1. The second-order valence-corrected chi connectivity index (χ2v) is 9.34. The van der Waals surface area contributed by atoms with E-state index in [2.05, 4.69) is 21.2 Å². The monoisotopic (exact) mass is 451 g/mol. The van der Waals surface area contributed by atoms with Crippen LogP contribution < -0.4 is 10.2 Å². The van der Waals surface area contributed by atoms with Gasteiger partial charge in [-0.25, -0.2) is 14.6 Å². The minimum Gasteiger partial charge on any atom is -0.444 e. The molecule has 0 saturated heterocycles. The first-order valence-corrected chi connectivity index (χ1v) is 11.3. The van der Waals surface area contributed by atoms with E-state index in [-0.39, 0.29) is 0 Å². The van der Waals surface area contributed by atoms with E-state index in [1.54, 1.807) is 0 Å². The molecule has 0 unspecified atom stereocenters. The Bertz CT molecular complexity index is 1040. The molecule has 2 aromatic rings. The van der Waals surface area contributed by atoms with Crippen LogP contribution in [0.25, 0.3) is 4.85 Å².